The van der Waals surface area contributed by atoms with Gasteiger partial charge in [-0.3, -0.25) is 4.79 Å². The van der Waals surface area contributed by atoms with E-state index < -0.39 is 5.82 Å². The Balaban J connectivity index is 2.25. The normalized spacial score (nSPS) is 10.1. The van der Waals surface area contributed by atoms with Crippen LogP contribution in [0.15, 0.2) is 48.5 Å². The van der Waals surface area contributed by atoms with Gasteiger partial charge < -0.3 is 5.32 Å². The van der Waals surface area contributed by atoms with Gasteiger partial charge in [0.05, 0.1) is 5.69 Å². The summed E-state index contributed by atoms with van der Waals surface area (Å²) in [6.45, 7) is 0. The van der Waals surface area contributed by atoms with Gasteiger partial charge in [0.2, 0.25) is 0 Å². The van der Waals surface area contributed by atoms with Crippen molar-refractivity contribution in [3.05, 3.63) is 65.5 Å². The number of rotatable bonds is 3. The van der Waals surface area contributed by atoms with Crippen molar-refractivity contribution in [2.24, 2.45) is 0 Å². The van der Waals surface area contributed by atoms with E-state index in [0.29, 0.717) is 10.9 Å². The topological polar surface area (TPSA) is 29.1 Å². The Hall–Kier alpha value is -1.68. The van der Waals surface area contributed by atoms with E-state index in [1.165, 1.54) is 12.1 Å². The number of carbonyl (C=O) groups is 1. The van der Waals surface area contributed by atoms with Gasteiger partial charge in [0.15, 0.2) is 0 Å². The van der Waals surface area contributed by atoms with Gasteiger partial charge >= 0.3 is 0 Å². The van der Waals surface area contributed by atoms with Crippen molar-refractivity contribution in [2.45, 2.75) is 5.33 Å². The van der Waals surface area contributed by atoms with Crippen LogP contribution in [-0.4, -0.2) is 5.91 Å². The van der Waals surface area contributed by atoms with Crippen molar-refractivity contribution >= 4 is 27.5 Å². The first-order valence-corrected chi connectivity index (χ1v) is 6.54. The predicted octanol–water partition coefficient (Wildman–Crippen LogP) is 3.97. The summed E-state index contributed by atoms with van der Waals surface area (Å²) in [4.78, 5) is 12.0. The van der Waals surface area contributed by atoms with Crippen LogP contribution in [0.5, 0.6) is 0 Å². The smallest absolute Gasteiger partial charge is 0.256 e. The van der Waals surface area contributed by atoms with Crippen LogP contribution in [0.25, 0.3) is 0 Å². The standard InChI is InChI=1S/C14H11BrFNO/c15-9-10-5-1-2-6-11(10)14(18)17-13-8-4-3-7-12(13)16/h1-8H,9H2,(H,17,18). The molecule has 0 atom stereocenters. The van der Waals surface area contributed by atoms with Crippen LogP contribution in [0, 0.1) is 5.82 Å². The molecule has 2 aromatic carbocycles. The third-order valence-corrected chi connectivity index (χ3v) is 3.13. The number of nitrogens with one attached hydrogen (secondary N) is 1. The fourth-order valence-corrected chi connectivity index (χ4v) is 2.10. The molecule has 1 amide bonds. The highest BCUT2D eigenvalue weighted by Crippen LogP contribution is 2.17. The Bertz CT molecular complexity index is 571. The maximum atomic E-state index is 13.4. The first kappa shape index (κ1) is 12.8. The lowest BCUT2D eigenvalue weighted by molar-refractivity contribution is 0.102. The van der Waals surface area contributed by atoms with Gasteiger partial charge in [-0.2, -0.15) is 0 Å². The van der Waals surface area contributed by atoms with E-state index >= 15 is 0 Å². The molecule has 0 heterocycles. The second kappa shape index (κ2) is 5.78. The molecule has 0 aliphatic carbocycles. The van der Waals surface area contributed by atoms with Gasteiger partial charge in [-0.15, -0.1) is 0 Å². The van der Waals surface area contributed by atoms with Crippen LogP contribution in [-0.2, 0) is 5.33 Å². The Kier molecular flexibility index (Phi) is 4.10. The van der Waals surface area contributed by atoms with Crippen molar-refractivity contribution in [3.63, 3.8) is 0 Å². The van der Waals surface area contributed by atoms with Gasteiger partial charge in [-0.1, -0.05) is 46.3 Å². The second-order valence-electron chi connectivity index (χ2n) is 3.72. The Morgan fingerprint density at radius 1 is 1.11 bits per heavy atom. The molecule has 0 fully saturated rings. The minimum atomic E-state index is -0.442. The largest absolute Gasteiger partial charge is 0.319 e. The third kappa shape index (κ3) is 2.76. The van der Waals surface area contributed by atoms with Gasteiger partial charge in [-0.05, 0) is 23.8 Å². The zero-order chi connectivity index (χ0) is 13.0. The van der Waals surface area contributed by atoms with Crippen molar-refractivity contribution in [1.29, 1.82) is 0 Å². The maximum Gasteiger partial charge on any atom is 0.256 e. The molecular weight excluding hydrogens is 297 g/mol. The Morgan fingerprint density at radius 2 is 1.78 bits per heavy atom. The molecule has 1 N–H and O–H groups in total. The molecule has 0 unspecified atom stereocenters. The molecule has 0 spiro atoms. The average Bonchev–Trinajstić information content (AvgIpc) is 2.41. The summed E-state index contributed by atoms with van der Waals surface area (Å²) in [6.07, 6.45) is 0. The van der Waals surface area contributed by atoms with Gasteiger partial charge in [-0.25, -0.2) is 4.39 Å². The summed E-state index contributed by atoms with van der Waals surface area (Å²) in [7, 11) is 0. The molecule has 2 nitrogen and oxygen atoms in total. The zero-order valence-electron chi connectivity index (χ0n) is 9.49. The van der Waals surface area contributed by atoms with Crippen molar-refractivity contribution in [3.8, 4) is 0 Å². The van der Waals surface area contributed by atoms with Crippen LogP contribution < -0.4 is 5.32 Å². The Morgan fingerprint density at radius 3 is 2.50 bits per heavy atom. The predicted molar refractivity (Wildman–Crippen MR) is 73.4 cm³/mol. The number of carbonyl (C=O) groups excluding carboxylic acids is 1. The van der Waals surface area contributed by atoms with Crippen LogP contribution in [0.2, 0.25) is 0 Å². The first-order chi connectivity index (χ1) is 8.72. The highest BCUT2D eigenvalue weighted by molar-refractivity contribution is 9.08. The van der Waals surface area contributed by atoms with Crippen LogP contribution in [0.1, 0.15) is 15.9 Å². The lowest BCUT2D eigenvalue weighted by Gasteiger charge is -2.08. The summed E-state index contributed by atoms with van der Waals surface area (Å²) in [6, 6.07) is 13.3. The number of hydrogen-bond donors (Lipinski definition) is 1. The molecule has 0 saturated carbocycles. The minimum absolute atomic E-state index is 0.187. The van der Waals surface area contributed by atoms with E-state index in [1.54, 1.807) is 24.3 Å². The molecule has 0 bridgehead atoms. The van der Waals surface area contributed by atoms with Crippen molar-refractivity contribution < 1.29 is 9.18 Å². The highest BCUT2D eigenvalue weighted by atomic mass is 79.9. The number of anilines is 1. The van der Waals surface area contributed by atoms with E-state index in [0.717, 1.165) is 5.56 Å². The second-order valence-corrected chi connectivity index (χ2v) is 4.29. The van der Waals surface area contributed by atoms with Crippen LogP contribution >= 0.6 is 15.9 Å². The number of alkyl halides is 1. The molecule has 18 heavy (non-hydrogen) atoms. The first-order valence-electron chi connectivity index (χ1n) is 5.42. The quantitative estimate of drug-likeness (QED) is 0.854. The third-order valence-electron chi connectivity index (χ3n) is 2.53. The van der Waals surface area contributed by atoms with Gasteiger partial charge in [0.1, 0.15) is 5.82 Å². The molecule has 0 radical (unpaired) electrons. The van der Waals surface area contributed by atoms with Crippen molar-refractivity contribution in [2.75, 3.05) is 5.32 Å². The summed E-state index contributed by atoms with van der Waals surface area (Å²) < 4.78 is 13.4. The summed E-state index contributed by atoms with van der Waals surface area (Å²) in [5.41, 5.74) is 1.59. The molecule has 92 valence electrons. The fourth-order valence-electron chi connectivity index (χ4n) is 1.61. The molecule has 0 aliphatic heterocycles. The zero-order valence-corrected chi connectivity index (χ0v) is 11.1. The van der Waals surface area contributed by atoms with Gasteiger partial charge in [0, 0.05) is 10.9 Å². The number of hydrogen-bond acceptors (Lipinski definition) is 1. The van der Waals surface area contributed by atoms with Crippen LogP contribution in [0.3, 0.4) is 0 Å². The van der Waals surface area contributed by atoms with E-state index in [2.05, 4.69) is 21.2 Å². The molecule has 4 heteroatoms. The molecule has 0 saturated heterocycles. The summed E-state index contributed by atoms with van der Waals surface area (Å²) in [5.74, 6) is -0.752. The monoisotopic (exact) mass is 307 g/mol. The molecule has 0 aromatic heterocycles. The van der Waals surface area contributed by atoms with Crippen molar-refractivity contribution in [1.82, 2.24) is 0 Å². The molecule has 0 aliphatic rings. The molecular formula is C14H11BrFNO. The van der Waals surface area contributed by atoms with Gasteiger partial charge in [0.25, 0.3) is 5.91 Å². The Labute approximate surface area is 113 Å². The SMILES string of the molecule is O=C(Nc1ccccc1F)c1ccccc1CBr. The molecule has 2 rings (SSSR count). The maximum absolute atomic E-state index is 13.4. The van der Waals surface area contributed by atoms with Crippen LogP contribution in [0.4, 0.5) is 10.1 Å². The summed E-state index contributed by atoms with van der Waals surface area (Å²) in [5, 5.41) is 3.14. The molecule has 2 aromatic rings. The summed E-state index contributed by atoms with van der Waals surface area (Å²) >= 11 is 3.32. The highest BCUT2D eigenvalue weighted by Gasteiger charge is 2.11. The number of benzene rings is 2. The number of halogens is 2. The lowest BCUT2D eigenvalue weighted by Crippen LogP contribution is -2.14. The van der Waals surface area contributed by atoms with E-state index in [1.807, 2.05) is 12.1 Å². The fraction of sp³-hybridized carbons (Fsp3) is 0.0714. The van der Waals surface area contributed by atoms with E-state index in [4.69, 9.17) is 0 Å². The lowest BCUT2D eigenvalue weighted by atomic mass is 10.1. The average molecular weight is 308 g/mol. The van der Waals surface area contributed by atoms with E-state index in [9.17, 15) is 9.18 Å². The van der Waals surface area contributed by atoms with E-state index in [-0.39, 0.29) is 11.6 Å². The minimum Gasteiger partial charge on any atom is -0.319 e. The number of amides is 1. The number of para-hydroxylation sites is 1.